The summed E-state index contributed by atoms with van der Waals surface area (Å²) in [5, 5.41) is 20.6. The van der Waals surface area contributed by atoms with E-state index in [0.29, 0.717) is 0 Å². The number of anilines is 1. The van der Waals surface area contributed by atoms with Crippen molar-refractivity contribution in [1.82, 2.24) is 25.5 Å². The van der Waals surface area contributed by atoms with Crippen LogP contribution < -0.4 is 55.6 Å². The molecule has 0 saturated carbocycles. The van der Waals surface area contributed by atoms with E-state index < -0.39 is 56.1 Å². The largest absolute Gasteiger partial charge is 1.00 e. The van der Waals surface area contributed by atoms with E-state index in [2.05, 4.69) is 25.8 Å². The number of aromatic amines is 1. The number of aliphatic carboxylic acids is 1. The minimum absolute atomic E-state index is 0. The molecule has 0 radical (unpaired) electrons. The van der Waals surface area contributed by atoms with Crippen LogP contribution in [0.4, 0.5) is 5.82 Å². The number of carbonyl (C=O) groups is 3. The number of H-pyrrole nitrogens is 1. The molecule has 0 aliphatic carbocycles. The Kier molecular flexibility index (Phi) is 9.99. The summed E-state index contributed by atoms with van der Waals surface area (Å²) in [6.07, 6.45) is 2.83. The standard InChI is InChI=1S/C21H24N8O8S2.Na/c1-3-37-27-13(16-24-7-12(22)25-16)18(30)26-14-19(31)29-15(21(32)33)11(9-38-20(14)29)17(23-2)28-6-4-5-10(8-28)39(34,35)36;/h4-8,14,17,20,23H,3,9H2,1-2H3,(H5-,22,24,25,26,27,30,32,33,34,35,36);/q;+1/p-1/t14?,17?,20-;/m1./s1. The molecule has 40 heavy (non-hydrogen) atoms. The Bertz CT molecular complexity index is 1490. The summed E-state index contributed by atoms with van der Waals surface area (Å²) in [7, 11) is -3.29. The Morgan fingerprint density at radius 2 is 2.17 bits per heavy atom. The zero-order valence-corrected chi connectivity index (χ0v) is 25.1. The van der Waals surface area contributed by atoms with E-state index in [4.69, 9.17) is 10.6 Å². The monoisotopic (exact) mass is 602 g/mol. The van der Waals surface area contributed by atoms with Crippen LogP contribution in [0.25, 0.3) is 0 Å². The maximum atomic E-state index is 13.1. The van der Waals surface area contributed by atoms with Gasteiger partial charge in [-0.05, 0) is 20.0 Å². The number of hydrogen-bond acceptors (Lipinski definition) is 13. The maximum absolute atomic E-state index is 13.1. The fraction of sp³-hybridized carbons (Fsp3) is 0.333. The van der Waals surface area contributed by atoms with E-state index in [0.717, 1.165) is 17.2 Å². The quantitative estimate of drug-likeness (QED) is 0.0496. The number of amides is 2. The normalized spacial score (nSPS) is 19.7. The predicted octanol–water partition coefficient (Wildman–Crippen LogP) is -6.25. The second kappa shape index (κ2) is 12.7. The molecule has 2 unspecified atom stereocenters. The molecule has 0 aromatic carbocycles. The molecule has 208 valence electrons. The van der Waals surface area contributed by atoms with E-state index >= 15 is 0 Å². The van der Waals surface area contributed by atoms with Gasteiger partial charge in [-0.2, -0.15) is 4.57 Å². The van der Waals surface area contributed by atoms with Crippen LogP contribution in [0, 0.1) is 0 Å². The zero-order valence-electron chi connectivity index (χ0n) is 21.5. The number of nitrogen functional groups attached to an aromatic ring is 1. The Balaban J connectivity index is 0.00000441. The number of imidazole rings is 1. The van der Waals surface area contributed by atoms with E-state index in [1.54, 1.807) is 6.92 Å². The van der Waals surface area contributed by atoms with Gasteiger partial charge in [-0.15, -0.1) is 11.8 Å². The van der Waals surface area contributed by atoms with Gasteiger partial charge in [-0.25, -0.2) is 13.4 Å². The molecule has 4 rings (SSSR count). The Hall–Kier alpha value is -3.00. The van der Waals surface area contributed by atoms with Crippen molar-refractivity contribution in [2.24, 2.45) is 5.16 Å². The van der Waals surface area contributed by atoms with Crippen molar-refractivity contribution in [3.63, 3.8) is 0 Å². The van der Waals surface area contributed by atoms with Crippen LogP contribution in [0.3, 0.4) is 0 Å². The third-order valence-corrected chi connectivity index (χ3v) is 7.90. The number of thioether (sulfide) groups is 1. The fourth-order valence-corrected chi connectivity index (χ4v) is 5.99. The first-order valence-electron chi connectivity index (χ1n) is 11.3. The van der Waals surface area contributed by atoms with Crippen LogP contribution >= 0.6 is 11.8 Å². The topological polar surface area (TPSA) is 239 Å². The molecule has 3 atom stereocenters. The third kappa shape index (κ3) is 6.17. The number of pyridine rings is 1. The van der Waals surface area contributed by atoms with Crippen molar-refractivity contribution in [3.8, 4) is 0 Å². The van der Waals surface area contributed by atoms with Gasteiger partial charge < -0.3 is 35.3 Å². The molecule has 2 aliphatic heterocycles. The Morgan fingerprint density at radius 1 is 1.45 bits per heavy atom. The van der Waals surface area contributed by atoms with Gasteiger partial charge in [-0.1, -0.05) is 5.16 Å². The minimum Gasteiger partial charge on any atom is -0.744 e. The number of aromatic nitrogens is 3. The first kappa shape index (κ1) is 31.5. The second-order valence-corrected chi connectivity index (χ2v) is 10.7. The van der Waals surface area contributed by atoms with Crippen LogP contribution in [-0.2, 0) is 29.3 Å². The molecule has 16 nitrogen and oxygen atoms in total. The molecule has 2 aromatic heterocycles. The van der Waals surface area contributed by atoms with Crippen LogP contribution in [-0.4, -0.2) is 82.2 Å². The Labute approximate surface area is 254 Å². The molecule has 2 amide bonds. The Morgan fingerprint density at radius 3 is 2.75 bits per heavy atom. The number of hydrogen-bond donors (Lipinski definition) is 4. The molecular weight excluding hydrogens is 579 g/mol. The average molecular weight is 603 g/mol. The molecule has 1 fully saturated rings. The van der Waals surface area contributed by atoms with Gasteiger partial charge in [0.25, 0.3) is 11.8 Å². The summed E-state index contributed by atoms with van der Waals surface area (Å²) in [4.78, 5) is 50.4. The van der Waals surface area contributed by atoms with Gasteiger partial charge in [0, 0.05) is 17.4 Å². The molecule has 2 aromatic rings. The summed E-state index contributed by atoms with van der Waals surface area (Å²) < 4.78 is 35.8. The summed E-state index contributed by atoms with van der Waals surface area (Å²) >= 11 is 1.17. The SMILES string of the molecule is CCON=C(C(=O)NC1C(=O)N2C(C(=O)[O-])=C(C(NC)[n+]3cccc(S(=O)(=O)[O-])c3)CS[C@H]12)c1ncc(N)[nH]1.[Na+]. The zero-order chi connectivity index (χ0) is 28.5. The number of likely N-dealkylation sites (N-methyl/N-ethyl adjacent to an activating group) is 1. The number of nitrogens with one attached hydrogen (secondary N) is 3. The number of carboxylic acids is 1. The minimum atomic E-state index is -4.78. The van der Waals surface area contributed by atoms with Gasteiger partial charge in [-0.3, -0.25) is 19.8 Å². The van der Waals surface area contributed by atoms with Gasteiger partial charge in [0.05, 0.1) is 17.9 Å². The van der Waals surface area contributed by atoms with E-state index in [1.165, 1.54) is 41.8 Å². The van der Waals surface area contributed by atoms with E-state index in [9.17, 15) is 32.5 Å². The number of rotatable bonds is 10. The van der Waals surface area contributed by atoms with Gasteiger partial charge in [0.2, 0.25) is 11.9 Å². The average Bonchev–Trinajstić information content (AvgIpc) is 3.32. The number of carbonyl (C=O) groups excluding carboxylic acids is 3. The van der Waals surface area contributed by atoms with Crippen LogP contribution in [0.1, 0.15) is 18.9 Å². The predicted molar refractivity (Wildman–Crippen MR) is 131 cm³/mol. The summed E-state index contributed by atoms with van der Waals surface area (Å²) in [6, 6.07) is 1.33. The molecule has 5 N–H and O–H groups in total. The molecule has 0 spiro atoms. The summed E-state index contributed by atoms with van der Waals surface area (Å²) in [6.45, 7) is 1.80. The fourth-order valence-electron chi connectivity index (χ4n) is 4.11. The van der Waals surface area contributed by atoms with Gasteiger partial charge in [0.15, 0.2) is 18.2 Å². The smallest absolute Gasteiger partial charge is 0.744 e. The number of oxime groups is 1. The van der Waals surface area contributed by atoms with Crippen LogP contribution in [0.15, 0.2) is 52.0 Å². The number of carboxylic acid groups (broad SMARTS) is 1. The third-order valence-electron chi connectivity index (χ3n) is 5.78. The van der Waals surface area contributed by atoms with Crippen molar-refractivity contribution in [3.05, 3.63) is 47.8 Å². The van der Waals surface area contributed by atoms with Crippen LogP contribution in [0.2, 0.25) is 0 Å². The molecular formula is C21H23N8NaO8S2. The van der Waals surface area contributed by atoms with Crippen molar-refractivity contribution >= 4 is 51.2 Å². The van der Waals surface area contributed by atoms with Gasteiger partial charge in [0.1, 0.15) is 38.9 Å². The summed E-state index contributed by atoms with van der Waals surface area (Å²) in [5.74, 6) is -2.93. The van der Waals surface area contributed by atoms with E-state index in [1.807, 2.05) is 0 Å². The number of fused-ring (bicyclic) bond motifs is 1. The molecule has 1 saturated heterocycles. The number of nitrogens with zero attached hydrogens (tertiary/aromatic N) is 4. The van der Waals surface area contributed by atoms with E-state index in [-0.39, 0.29) is 64.8 Å². The number of β-lactam (4-membered cyclic amide) rings is 1. The van der Waals surface area contributed by atoms with Crippen molar-refractivity contribution in [2.45, 2.75) is 29.4 Å². The van der Waals surface area contributed by atoms with Crippen molar-refractivity contribution in [2.75, 3.05) is 25.1 Å². The van der Waals surface area contributed by atoms with Crippen LogP contribution in [0.5, 0.6) is 0 Å². The number of nitrogens with two attached hydrogens (primary N) is 1. The first-order valence-corrected chi connectivity index (χ1v) is 13.8. The molecule has 2 aliphatic rings. The van der Waals surface area contributed by atoms with Crippen molar-refractivity contribution in [1.29, 1.82) is 0 Å². The first-order chi connectivity index (χ1) is 18.5. The molecule has 0 bridgehead atoms. The summed E-state index contributed by atoms with van der Waals surface area (Å²) in [5.41, 5.74) is 5.12. The molecule has 4 heterocycles. The molecule has 19 heteroatoms. The van der Waals surface area contributed by atoms with Crippen molar-refractivity contribution < 1.29 is 71.4 Å². The second-order valence-electron chi connectivity index (χ2n) is 8.20. The van der Waals surface area contributed by atoms with Gasteiger partial charge >= 0.3 is 29.6 Å². The maximum Gasteiger partial charge on any atom is 1.00 e.